The van der Waals surface area contributed by atoms with E-state index in [1.165, 1.54) is 18.7 Å². The zero-order valence-electron chi connectivity index (χ0n) is 8.56. The van der Waals surface area contributed by atoms with E-state index < -0.39 is 0 Å². The van der Waals surface area contributed by atoms with Gasteiger partial charge in [0.25, 0.3) is 0 Å². The second-order valence-electron chi connectivity index (χ2n) is 4.15. The Morgan fingerprint density at radius 3 is 2.80 bits per heavy atom. The van der Waals surface area contributed by atoms with Crippen molar-refractivity contribution in [2.45, 2.75) is 12.8 Å². The third-order valence-electron chi connectivity index (χ3n) is 2.99. The summed E-state index contributed by atoms with van der Waals surface area (Å²) in [5.41, 5.74) is 0.903. The number of benzene rings is 1. The molecule has 0 radical (unpaired) electrons. The highest BCUT2D eigenvalue weighted by atomic mass is 16.3. The number of rotatable bonds is 2. The van der Waals surface area contributed by atoms with Crippen LogP contribution in [0.1, 0.15) is 12.8 Å². The van der Waals surface area contributed by atoms with Gasteiger partial charge in [0.2, 0.25) is 0 Å². The van der Waals surface area contributed by atoms with E-state index >= 15 is 0 Å². The summed E-state index contributed by atoms with van der Waals surface area (Å²) in [4.78, 5) is 6.69. The van der Waals surface area contributed by atoms with E-state index in [0.29, 0.717) is 11.7 Å². The molecule has 1 aromatic carbocycles. The molecule has 1 heterocycles. The van der Waals surface area contributed by atoms with Crippen LogP contribution in [0, 0.1) is 5.92 Å². The van der Waals surface area contributed by atoms with E-state index in [9.17, 15) is 5.11 Å². The summed E-state index contributed by atoms with van der Waals surface area (Å²) in [6.45, 7) is 1.77. The maximum absolute atomic E-state index is 9.79. The Morgan fingerprint density at radius 2 is 2.07 bits per heavy atom. The number of hydrogen-bond donors (Lipinski definition) is 1. The first-order valence-corrected chi connectivity index (χ1v) is 5.46. The van der Waals surface area contributed by atoms with Crippen LogP contribution in [0.4, 0.5) is 5.69 Å². The fourth-order valence-electron chi connectivity index (χ4n) is 2.09. The molecule has 1 N–H and O–H groups in total. The predicted octanol–water partition coefficient (Wildman–Crippen LogP) is 2.02. The van der Waals surface area contributed by atoms with E-state index in [1.54, 1.807) is 6.07 Å². The average Bonchev–Trinajstić information content (AvgIpc) is 2.98. The first-order chi connectivity index (χ1) is 7.36. The number of nitrogens with zero attached hydrogens (tertiary/aromatic N) is 2. The summed E-state index contributed by atoms with van der Waals surface area (Å²) in [6.07, 6.45) is 2.51. The van der Waals surface area contributed by atoms with E-state index in [0.717, 1.165) is 18.8 Å². The highest BCUT2D eigenvalue weighted by Crippen LogP contribution is 2.37. The van der Waals surface area contributed by atoms with Crippen molar-refractivity contribution in [3.05, 3.63) is 24.3 Å². The highest BCUT2D eigenvalue weighted by Gasteiger charge is 2.34. The van der Waals surface area contributed by atoms with Crippen molar-refractivity contribution in [2.75, 3.05) is 18.0 Å². The standard InChI is InChI=1S/C12H14N2O/c15-11-4-2-1-3-10(11)14-8-7-13-12(14)9-5-6-9/h1-4,9,15H,5-8H2. The van der Waals surface area contributed by atoms with Gasteiger partial charge in [0.1, 0.15) is 11.6 Å². The summed E-state index contributed by atoms with van der Waals surface area (Å²) in [5, 5.41) is 9.79. The molecule has 0 aromatic heterocycles. The monoisotopic (exact) mass is 202 g/mol. The van der Waals surface area contributed by atoms with Gasteiger partial charge in [-0.1, -0.05) is 12.1 Å². The van der Waals surface area contributed by atoms with Gasteiger partial charge in [0, 0.05) is 12.5 Å². The third-order valence-corrected chi connectivity index (χ3v) is 2.99. The van der Waals surface area contributed by atoms with Crippen LogP contribution in [0.25, 0.3) is 0 Å². The zero-order valence-corrected chi connectivity index (χ0v) is 8.56. The predicted molar refractivity (Wildman–Crippen MR) is 60.5 cm³/mol. The minimum absolute atomic E-state index is 0.354. The number of phenolic OH excluding ortho intramolecular Hbond substituents is 1. The van der Waals surface area contributed by atoms with Crippen LogP contribution >= 0.6 is 0 Å². The molecule has 3 rings (SSSR count). The van der Waals surface area contributed by atoms with Gasteiger partial charge in [-0.25, -0.2) is 0 Å². The molecule has 78 valence electrons. The molecule has 0 spiro atoms. The second kappa shape index (κ2) is 3.26. The molecule has 0 bridgehead atoms. The lowest BCUT2D eigenvalue weighted by Gasteiger charge is -2.21. The largest absolute Gasteiger partial charge is 0.506 e. The van der Waals surface area contributed by atoms with Crippen molar-refractivity contribution in [3.8, 4) is 5.75 Å². The Morgan fingerprint density at radius 1 is 1.27 bits per heavy atom. The Balaban J connectivity index is 1.94. The average molecular weight is 202 g/mol. The van der Waals surface area contributed by atoms with Crippen LogP contribution in [0.3, 0.4) is 0 Å². The number of para-hydroxylation sites is 2. The van der Waals surface area contributed by atoms with E-state index in [-0.39, 0.29) is 0 Å². The summed E-state index contributed by atoms with van der Waals surface area (Å²) in [6, 6.07) is 7.50. The number of phenols is 1. The topological polar surface area (TPSA) is 35.8 Å². The second-order valence-corrected chi connectivity index (χ2v) is 4.15. The first kappa shape index (κ1) is 8.77. The lowest BCUT2D eigenvalue weighted by molar-refractivity contribution is 0.476. The van der Waals surface area contributed by atoms with E-state index in [1.807, 2.05) is 18.2 Å². The Labute approximate surface area is 89.1 Å². The van der Waals surface area contributed by atoms with E-state index in [2.05, 4.69) is 9.89 Å². The maximum Gasteiger partial charge on any atom is 0.139 e. The molecule has 0 unspecified atom stereocenters. The first-order valence-electron chi connectivity index (χ1n) is 5.46. The summed E-state index contributed by atoms with van der Waals surface area (Å²) >= 11 is 0. The molecule has 0 atom stereocenters. The molecule has 1 aromatic rings. The van der Waals surface area contributed by atoms with Crippen molar-refractivity contribution in [1.29, 1.82) is 0 Å². The van der Waals surface area contributed by atoms with Gasteiger partial charge in [-0.15, -0.1) is 0 Å². The molecular weight excluding hydrogens is 188 g/mol. The van der Waals surface area contributed by atoms with Crippen molar-refractivity contribution in [1.82, 2.24) is 0 Å². The number of aliphatic imine (C=N–C) groups is 1. The molecule has 1 aliphatic carbocycles. The molecule has 1 saturated carbocycles. The highest BCUT2D eigenvalue weighted by molar-refractivity contribution is 6.03. The Bertz CT molecular complexity index is 410. The van der Waals surface area contributed by atoms with Gasteiger partial charge in [0.15, 0.2) is 0 Å². The van der Waals surface area contributed by atoms with Gasteiger partial charge in [-0.3, -0.25) is 4.99 Å². The molecule has 0 amide bonds. The number of amidine groups is 1. The normalized spacial score (nSPS) is 20.5. The minimum Gasteiger partial charge on any atom is -0.506 e. The summed E-state index contributed by atoms with van der Waals surface area (Å²) < 4.78 is 0. The lowest BCUT2D eigenvalue weighted by Crippen LogP contribution is -2.28. The summed E-state index contributed by atoms with van der Waals surface area (Å²) in [5.74, 6) is 2.18. The van der Waals surface area contributed by atoms with Crippen LogP contribution in [-0.2, 0) is 0 Å². The number of anilines is 1. The number of aromatic hydroxyl groups is 1. The minimum atomic E-state index is 0.354. The maximum atomic E-state index is 9.79. The van der Waals surface area contributed by atoms with Crippen molar-refractivity contribution in [3.63, 3.8) is 0 Å². The van der Waals surface area contributed by atoms with Gasteiger partial charge in [-0.2, -0.15) is 0 Å². The van der Waals surface area contributed by atoms with Crippen LogP contribution in [0.2, 0.25) is 0 Å². The molecule has 1 fully saturated rings. The molecule has 15 heavy (non-hydrogen) atoms. The van der Waals surface area contributed by atoms with Crippen LogP contribution < -0.4 is 4.90 Å². The molecule has 0 saturated heterocycles. The van der Waals surface area contributed by atoms with E-state index in [4.69, 9.17) is 0 Å². The quantitative estimate of drug-likeness (QED) is 0.796. The third kappa shape index (κ3) is 1.48. The lowest BCUT2D eigenvalue weighted by atomic mass is 10.2. The van der Waals surface area contributed by atoms with Gasteiger partial charge >= 0.3 is 0 Å². The van der Waals surface area contributed by atoms with Gasteiger partial charge in [0.05, 0.1) is 12.2 Å². The molecule has 2 aliphatic rings. The zero-order chi connectivity index (χ0) is 10.3. The van der Waals surface area contributed by atoms with Crippen LogP contribution in [0.5, 0.6) is 5.75 Å². The SMILES string of the molecule is Oc1ccccc1N1CCN=C1C1CC1. The summed E-state index contributed by atoms with van der Waals surface area (Å²) in [7, 11) is 0. The van der Waals surface area contributed by atoms with Gasteiger partial charge < -0.3 is 10.0 Å². The Kier molecular flexibility index (Phi) is 1.91. The van der Waals surface area contributed by atoms with Crippen LogP contribution in [0.15, 0.2) is 29.3 Å². The number of hydrogen-bond acceptors (Lipinski definition) is 3. The van der Waals surface area contributed by atoms with Crippen molar-refractivity contribution in [2.24, 2.45) is 10.9 Å². The molecule has 3 nitrogen and oxygen atoms in total. The van der Waals surface area contributed by atoms with Gasteiger partial charge in [-0.05, 0) is 25.0 Å². The Hall–Kier alpha value is -1.51. The fourth-order valence-corrected chi connectivity index (χ4v) is 2.09. The molecule has 1 aliphatic heterocycles. The molecular formula is C12H14N2O. The fraction of sp³-hybridized carbons (Fsp3) is 0.417. The van der Waals surface area contributed by atoms with Crippen molar-refractivity contribution >= 4 is 11.5 Å². The smallest absolute Gasteiger partial charge is 0.139 e. The molecule has 3 heteroatoms. The van der Waals surface area contributed by atoms with Crippen molar-refractivity contribution < 1.29 is 5.11 Å². The van der Waals surface area contributed by atoms with Crippen LogP contribution in [-0.4, -0.2) is 24.0 Å².